The van der Waals surface area contributed by atoms with Gasteiger partial charge in [0.1, 0.15) is 0 Å². The molecule has 1 saturated heterocycles. The summed E-state index contributed by atoms with van der Waals surface area (Å²) in [5.41, 5.74) is 6.63. The van der Waals surface area contributed by atoms with Gasteiger partial charge < -0.3 is 15.8 Å². The fourth-order valence-corrected chi connectivity index (χ4v) is 4.31. The largest absolute Gasteiger partial charge is 0.377 e. The Morgan fingerprint density at radius 2 is 2.39 bits per heavy atom. The topological polar surface area (TPSA) is 47.3 Å². The third-order valence-electron chi connectivity index (χ3n) is 4.96. The predicted molar refractivity (Wildman–Crippen MR) is 74.6 cm³/mol. The Morgan fingerprint density at radius 3 is 3.11 bits per heavy atom. The molecule has 100 valence electrons. The minimum Gasteiger partial charge on any atom is -0.377 e. The molecule has 3 rings (SSSR count). The van der Waals surface area contributed by atoms with Crippen LogP contribution in [-0.4, -0.2) is 24.8 Å². The number of nitrogens with two attached hydrogens (primary N) is 1. The van der Waals surface area contributed by atoms with Gasteiger partial charge >= 0.3 is 0 Å². The van der Waals surface area contributed by atoms with Gasteiger partial charge in [0.25, 0.3) is 0 Å². The molecule has 0 aromatic carbocycles. The molecule has 0 amide bonds. The molecule has 2 aliphatic rings. The van der Waals surface area contributed by atoms with E-state index in [2.05, 4.69) is 36.7 Å². The molecule has 3 atom stereocenters. The lowest BCUT2D eigenvalue weighted by atomic mass is 9.48. The highest BCUT2D eigenvalue weighted by Gasteiger charge is 2.67. The average Bonchev–Trinajstić information content (AvgIpc) is 2.99. The van der Waals surface area contributed by atoms with Crippen molar-refractivity contribution in [2.45, 2.75) is 38.5 Å². The van der Waals surface area contributed by atoms with E-state index >= 15 is 0 Å². The second-order valence-corrected chi connectivity index (χ2v) is 7.16. The van der Waals surface area contributed by atoms with Gasteiger partial charge in [-0.3, -0.25) is 0 Å². The third kappa shape index (κ3) is 1.67. The number of rotatable bonds is 4. The van der Waals surface area contributed by atoms with Crippen LogP contribution < -0.4 is 11.1 Å². The first-order valence-corrected chi connectivity index (χ1v) is 7.57. The zero-order valence-corrected chi connectivity index (χ0v) is 11.9. The van der Waals surface area contributed by atoms with Crippen molar-refractivity contribution in [3.63, 3.8) is 0 Å². The highest BCUT2D eigenvalue weighted by Crippen LogP contribution is 2.57. The number of nitrogens with one attached hydrogen (secondary N) is 1. The Hall–Kier alpha value is -0.420. The SMILES string of the molecule is CC1(C)C2OCCC2C1(N)CNCc1cccs1. The first-order chi connectivity index (χ1) is 8.56. The zero-order valence-electron chi connectivity index (χ0n) is 11.1. The summed E-state index contributed by atoms with van der Waals surface area (Å²) in [6, 6.07) is 4.25. The molecule has 18 heavy (non-hydrogen) atoms. The van der Waals surface area contributed by atoms with E-state index in [1.807, 2.05) is 0 Å². The van der Waals surface area contributed by atoms with Crippen molar-refractivity contribution < 1.29 is 4.74 Å². The summed E-state index contributed by atoms with van der Waals surface area (Å²) in [4.78, 5) is 1.37. The maximum Gasteiger partial charge on any atom is 0.0691 e. The molecule has 3 N–H and O–H groups in total. The van der Waals surface area contributed by atoms with Crippen molar-refractivity contribution >= 4 is 11.3 Å². The van der Waals surface area contributed by atoms with Gasteiger partial charge in [-0.2, -0.15) is 0 Å². The van der Waals surface area contributed by atoms with E-state index < -0.39 is 0 Å². The molecule has 2 heterocycles. The molecule has 1 aliphatic heterocycles. The van der Waals surface area contributed by atoms with Gasteiger partial charge in [-0.25, -0.2) is 0 Å². The number of ether oxygens (including phenoxy) is 1. The lowest BCUT2D eigenvalue weighted by Gasteiger charge is -2.62. The van der Waals surface area contributed by atoms with Crippen molar-refractivity contribution in [1.29, 1.82) is 0 Å². The molecule has 1 saturated carbocycles. The van der Waals surface area contributed by atoms with E-state index in [0.29, 0.717) is 12.0 Å². The molecule has 0 spiro atoms. The Bertz CT molecular complexity index is 417. The van der Waals surface area contributed by atoms with Crippen LogP contribution in [0.4, 0.5) is 0 Å². The third-order valence-corrected chi connectivity index (χ3v) is 5.84. The van der Waals surface area contributed by atoms with E-state index in [0.717, 1.165) is 26.1 Å². The van der Waals surface area contributed by atoms with E-state index in [1.54, 1.807) is 11.3 Å². The smallest absolute Gasteiger partial charge is 0.0691 e. The summed E-state index contributed by atoms with van der Waals surface area (Å²) in [6.07, 6.45) is 1.48. The first kappa shape index (κ1) is 12.6. The fraction of sp³-hybridized carbons (Fsp3) is 0.714. The quantitative estimate of drug-likeness (QED) is 0.876. The Kier molecular flexibility index (Phi) is 3.01. The van der Waals surface area contributed by atoms with Crippen LogP contribution in [0.15, 0.2) is 17.5 Å². The summed E-state index contributed by atoms with van der Waals surface area (Å²) in [5.74, 6) is 0.531. The standard InChI is InChI=1S/C14H22N2OS/c1-13(2)12-11(5-6-17-12)14(13,15)9-16-8-10-4-3-7-18-10/h3-4,7,11-12,16H,5-6,8-9,15H2,1-2H3. The van der Waals surface area contributed by atoms with E-state index in [-0.39, 0.29) is 11.0 Å². The van der Waals surface area contributed by atoms with Crippen LogP contribution in [0, 0.1) is 11.3 Å². The minimum atomic E-state index is -0.120. The van der Waals surface area contributed by atoms with Crippen LogP contribution in [0.2, 0.25) is 0 Å². The highest BCUT2D eigenvalue weighted by atomic mass is 32.1. The van der Waals surface area contributed by atoms with Gasteiger partial charge in [0.05, 0.1) is 6.10 Å². The maximum atomic E-state index is 6.67. The summed E-state index contributed by atoms with van der Waals surface area (Å²) >= 11 is 1.79. The van der Waals surface area contributed by atoms with Gasteiger partial charge in [0.15, 0.2) is 0 Å². The van der Waals surface area contributed by atoms with Crippen LogP contribution in [0.1, 0.15) is 25.1 Å². The molecular weight excluding hydrogens is 244 g/mol. The Morgan fingerprint density at radius 1 is 1.56 bits per heavy atom. The number of thiophene rings is 1. The number of hydrogen-bond donors (Lipinski definition) is 2. The lowest BCUT2D eigenvalue weighted by Crippen LogP contribution is -2.77. The Balaban J connectivity index is 1.61. The molecule has 1 aliphatic carbocycles. The molecular formula is C14H22N2OS. The average molecular weight is 266 g/mol. The molecule has 0 radical (unpaired) electrons. The van der Waals surface area contributed by atoms with Crippen molar-refractivity contribution in [2.75, 3.05) is 13.2 Å². The van der Waals surface area contributed by atoms with Crippen molar-refractivity contribution in [3.8, 4) is 0 Å². The molecule has 2 fully saturated rings. The summed E-state index contributed by atoms with van der Waals surface area (Å²) in [6.45, 7) is 7.16. The predicted octanol–water partition coefficient (Wildman–Crippen LogP) is 1.98. The van der Waals surface area contributed by atoms with Crippen LogP contribution in [0.3, 0.4) is 0 Å². The number of hydrogen-bond acceptors (Lipinski definition) is 4. The number of fused-ring (bicyclic) bond motifs is 1. The first-order valence-electron chi connectivity index (χ1n) is 6.69. The van der Waals surface area contributed by atoms with Gasteiger partial charge in [-0.1, -0.05) is 19.9 Å². The van der Waals surface area contributed by atoms with E-state index in [9.17, 15) is 0 Å². The van der Waals surface area contributed by atoms with Crippen molar-refractivity contribution in [3.05, 3.63) is 22.4 Å². The molecule has 3 unspecified atom stereocenters. The van der Waals surface area contributed by atoms with Crippen molar-refractivity contribution in [1.82, 2.24) is 5.32 Å². The Labute approximate surface area is 113 Å². The summed E-state index contributed by atoms with van der Waals surface area (Å²) in [7, 11) is 0. The van der Waals surface area contributed by atoms with Crippen LogP contribution in [0.5, 0.6) is 0 Å². The van der Waals surface area contributed by atoms with E-state index in [4.69, 9.17) is 10.5 Å². The second-order valence-electron chi connectivity index (χ2n) is 6.13. The van der Waals surface area contributed by atoms with E-state index in [1.165, 1.54) is 4.88 Å². The van der Waals surface area contributed by atoms with Crippen LogP contribution >= 0.6 is 11.3 Å². The fourth-order valence-electron chi connectivity index (χ4n) is 3.64. The van der Waals surface area contributed by atoms with Crippen LogP contribution in [-0.2, 0) is 11.3 Å². The normalized spacial score (nSPS) is 37.3. The molecule has 1 aromatic heterocycles. The van der Waals surface area contributed by atoms with Gasteiger partial charge in [0.2, 0.25) is 0 Å². The minimum absolute atomic E-state index is 0.0800. The van der Waals surface area contributed by atoms with Crippen molar-refractivity contribution in [2.24, 2.45) is 17.1 Å². The monoisotopic (exact) mass is 266 g/mol. The molecule has 1 aromatic rings. The van der Waals surface area contributed by atoms with Gasteiger partial charge in [-0.05, 0) is 17.9 Å². The summed E-state index contributed by atoms with van der Waals surface area (Å²) in [5, 5.41) is 5.64. The second kappa shape index (κ2) is 4.30. The molecule has 3 nitrogen and oxygen atoms in total. The van der Waals surface area contributed by atoms with Gasteiger partial charge in [0, 0.05) is 41.4 Å². The highest BCUT2D eigenvalue weighted by molar-refractivity contribution is 7.09. The molecule has 4 heteroatoms. The van der Waals surface area contributed by atoms with Crippen LogP contribution in [0.25, 0.3) is 0 Å². The molecule has 0 bridgehead atoms. The maximum absolute atomic E-state index is 6.67. The zero-order chi connectivity index (χ0) is 12.8. The summed E-state index contributed by atoms with van der Waals surface area (Å²) < 4.78 is 5.81. The van der Waals surface area contributed by atoms with Gasteiger partial charge in [-0.15, -0.1) is 11.3 Å². The lowest BCUT2D eigenvalue weighted by molar-refractivity contribution is -0.153.